The van der Waals surface area contributed by atoms with E-state index in [2.05, 4.69) is 26.9 Å². The van der Waals surface area contributed by atoms with Gasteiger partial charge in [-0.3, -0.25) is 14.7 Å². The second-order valence-electron chi connectivity index (χ2n) is 6.36. The number of rotatable bonds is 4. The molecule has 0 spiro atoms. The number of hydrogen-bond donors (Lipinski definition) is 0. The normalized spacial score (nSPS) is 17.5. The minimum atomic E-state index is 0.0758. The minimum absolute atomic E-state index is 0.0758. The predicted molar refractivity (Wildman–Crippen MR) is 91.5 cm³/mol. The molecular weight excluding hydrogens is 302 g/mol. The fourth-order valence-electron chi connectivity index (χ4n) is 3.13. The van der Waals surface area contributed by atoms with Gasteiger partial charge in [0.1, 0.15) is 5.82 Å². The number of aromatic nitrogens is 3. The molecule has 0 unspecified atom stereocenters. The lowest BCUT2D eigenvalue weighted by Gasteiger charge is -2.24. The van der Waals surface area contributed by atoms with Gasteiger partial charge >= 0.3 is 0 Å². The Morgan fingerprint density at radius 2 is 2.04 bits per heavy atom. The predicted octanol–water partition coefficient (Wildman–Crippen LogP) is 1.83. The van der Waals surface area contributed by atoms with E-state index in [1.165, 1.54) is 0 Å². The van der Waals surface area contributed by atoms with Crippen molar-refractivity contribution in [2.45, 2.75) is 32.9 Å². The van der Waals surface area contributed by atoms with Gasteiger partial charge < -0.3 is 4.90 Å². The summed E-state index contributed by atoms with van der Waals surface area (Å²) in [5.74, 6) is 0.884. The summed E-state index contributed by atoms with van der Waals surface area (Å²) >= 11 is 0. The van der Waals surface area contributed by atoms with Gasteiger partial charge in [0.15, 0.2) is 0 Å². The lowest BCUT2D eigenvalue weighted by atomic mass is 10.1. The standard InChI is InChI=1S/C18H23N5O/c1-13-5-6-16(14(2)21-13)18(24)23-10-7-15(11-23)22(3)12-17-19-8-4-9-20-17/h4-6,8-9,15H,7,10-12H2,1-3H3/t15-/m1/s1. The van der Waals surface area contributed by atoms with Gasteiger partial charge in [0.05, 0.1) is 17.8 Å². The van der Waals surface area contributed by atoms with Crippen LogP contribution in [0.5, 0.6) is 0 Å². The molecule has 3 heterocycles. The van der Waals surface area contributed by atoms with Crippen molar-refractivity contribution in [3.8, 4) is 0 Å². The highest BCUT2D eigenvalue weighted by atomic mass is 16.2. The highest BCUT2D eigenvalue weighted by molar-refractivity contribution is 5.95. The molecule has 1 aliphatic heterocycles. The zero-order valence-electron chi connectivity index (χ0n) is 14.4. The van der Waals surface area contributed by atoms with E-state index in [-0.39, 0.29) is 5.91 Å². The van der Waals surface area contributed by atoms with Crippen molar-refractivity contribution >= 4 is 5.91 Å². The van der Waals surface area contributed by atoms with E-state index in [0.29, 0.717) is 18.2 Å². The maximum absolute atomic E-state index is 12.7. The number of nitrogens with zero attached hydrogens (tertiary/aromatic N) is 5. The Labute approximate surface area is 142 Å². The van der Waals surface area contributed by atoms with E-state index >= 15 is 0 Å². The first-order chi connectivity index (χ1) is 11.5. The van der Waals surface area contributed by atoms with Crippen molar-refractivity contribution in [3.05, 3.63) is 53.4 Å². The van der Waals surface area contributed by atoms with E-state index in [0.717, 1.165) is 36.7 Å². The molecule has 6 nitrogen and oxygen atoms in total. The fraction of sp³-hybridized carbons (Fsp3) is 0.444. The minimum Gasteiger partial charge on any atom is -0.337 e. The molecule has 6 heteroatoms. The van der Waals surface area contributed by atoms with Gasteiger partial charge in [-0.1, -0.05) is 0 Å². The summed E-state index contributed by atoms with van der Waals surface area (Å²) in [4.78, 5) is 29.8. The maximum Gasteiger partial charge on any atom is 0.255 e. The number of hydrogen-bond acceptors (Lipinski definition) is 5. The molecule has 1 atom stereocenters. The molecule has 1 aliphatic rings. The highest BCUT2D eigenvalue weighted by Crippen LogP contribution is 2.19. The van der Waals surface area contributed by atoms with Crippen LogP contribution >= 0.6 is 0 Å². The van der Waals surface area contributed by atoms with Crippen LogP contribution in [-0.2, 0) is 6.54 Å². The molecule has 3 rings (SSSR count). The van der Waals surface area contributed by atoms with Crippen molar-refractivity contribution in [3.63, 3.8) is 0 Å². The molecule has 0 aromatic carbocycles. The van der Waals surface area contributed by atoms with Gasteiger partial charge in [0.25, 0.3) is 5.91 Å². The average molecular weight is 325 g/mol. The lowest BCUT2D eigenvalue weighted by Crippen LogP contribution is -2.36. The molecule has 24 heavy (non-hydrogen) atoms. The number of likely N-dealkylation sites (N-methyl/N-ethyl adjacent to an activating group) is 1. The first-order valence-electron chi connectivity index (χ1n) is 8.24. The second kappa shape index (κ2) is 7.05. The first kappa shape index (κ1) is 16.5. The Balaban J connectivity index is 1.63. The third-order valence-electron chi connectivity index (χ3n) is 4.54. The number of aryl methyl sites for hydroxylation is 2. The third kappa shape index (κ3) is 3.59. The number of pyridine rings is 1. The van der Waals surface area contributed by atoms with Crippen molar-refractivity contribution in [1.29, 1.82) is 0 Å². The Morgan fingerprint density at radius 1 is 1.29 bits per heavy atom. The number of carbonyl (C=O) groups excluding carboxylic acids is 1. The summed E-state index contributed by atoms with van der Waals surface area (Å²) in [5, 5.41) is 0. The zero-order chi connectivity index (χ0) is 17.1. The van der Waals surface area contributed by atoms with Crippen LogP contribution in [0, 0.1) is 13.8 Å². The fourth-order valence-corrected chi connectivity index (χ4v) is 3.13. The van der Waals surface area contributed by atoms with E-state index < -0.39 is 0 Å². The smallest absolute Gasteiger partial charge is 0.255 e. The van der Waals surface area contributed by atoms with Crippen LogP contribution in [0.25, 0.3) is 0 Å². The van der Waals surface area contributed by atoms with Crippen molar-refractivity contribution in [1.82, 2.24) is 24.8 Å². The first-order valence-corrected chi connectivity index (χ1v) is 8.24. The molecule has 1 saturated heterocycles. The van der Waals surface area contributed by atoms with Crippen LogP contribution in [0.2, 0.25) is 0 Å². The molecule has 126 valence electrons. The molecule has 1 amide bonds. The Bertz CT molecular complexity index is 719. The molecule has 0 aliphatic carbocycles. The summed E-state index contributed by atoms with van der Waals surface area (Å²) in [6.07, 6.45) is 4.48. The van der Waals surface area contributed by atoms with Crippen LogP contribution in [-0.4, -0.2) is 56.8 Å². The van der Waals surface area contributed by atoms with E-state index in [1.807, 2.05) is 36.9 Å². The molecule has 0 saturated carbocycles. The van der Waals surface area contributed by atoms with E-state index in [4.69, 9.17) is 0 Å². The van der Waals surface area contributed by atoms with E-state index in [1.54, 1.807) is 12.4 Å². The Kier molecular flexibility index (Phi) is 4.85. The van der Waals surface area contributed by atoms with Gasteiger partial charge in [-0.15, -0.1) is 0 Å². The van der Waals surface area contributed by atoms with Crippen molar-refractivity contribution in [2.75, 3.05) is 20.1 Å². The largest absolute Gasteiger partial charge is 0.337 e. The topological polar surface area (TPSA) is 62.2 Å². The molecule has 0 bridgehead atoms. The van der Waals surface area contributed by atoms with Crippen LogP contribution in [0.15, 0.2) is 30.6 Å². The lowest BCUT2D eigenvalue weighted by molar-refractivity contribution is 0.0778. The number of amides is 1. The SMILES string of the molecule is Cc1ccc(C(=O)N2CC[C@@H](N(C)Cc3ncccn3)C2)c(C)n1. The van der Waals surface area contributed by atoms with Gasteiger partial charge in [-0.05, 0) is 45.5 Å². The van der Waals surface area contributed by atoms with Crippen molar-refractivity contribution < 1.29 is 4.79 Å². The van der Waals surface area contributed by atoms with Gasteiger partial charge in [-0.25, -0.2) is 9.97 Å². The maximum atomic E-state index is 12.7. The van der Waals surface area contributed by atoms with E-state index in [9.17, 15) is 4.79 Å². The second-order valence-corrected chi connectivity index (χ2v) is 6.36. The molecule has 0 N–H and O–H groups in total. The molecule has 2 aromatic heterocycles. The number of carbonyl (C=O) groups is 1. The summed E-state index contributed by atoms with van der Waals surface area (Å²) in [5.41, 5.74) is 2.44. The van der Waals surface area contributed by atoms with Crippen LogP contribution < -0.4 is 0 Å². The van der Waals surface area contributed by atoms with Crippen LogP contribution in [0.4, 0.5) is 0 Å². The number of likely N-dealkylation sites (tertiary alicyclic amines) is 1. The summed E-state index contributed by atoms with van der Waals surface area (Å²) < 4.78 is 0. The average Bonchev–Trinajstić information content (AvgIpc) is 3.05. The Hall–Kier alpha value is -2.34. The highest BCUT2D eigenvalue weighted by Gasteiger charge is 2.30. The van der Waals surface area contributed by atoms with Crippen LogP contribution in [0.3, 0.4) is 0 Å². The van der Waals surface area contributed by atoms with Gasteiger partial charge in [-0.2, -0.15) is 0 Å². The van der Waals surface area contributed by atoms with Crippen molar-refractivity contribution in [2.24, 2.45) is 0 Å². The summed E-state index contributed by atoms with van der Waals surface area (Å²) in [6.45, 7) is 6.03. The van der Waals surface area contributed by atoms with Gasteiger partial charge in [0, 0.05) is 37.2 Å². The molecule has 0 radical (unpaired) electrons. The summed E-state index contributed by atoms with van der Waals surface area (Å²) in [7, 11) is 2.06. The Morgan fingerprint density at radius 3 is 2.75 bits per heavy atom. The quantitative estimate of drug-likeness (QED) is 0.858. The van der Waals surface area contributed by atoms with Gasteiger partial charge in [0.2, 0.25) is 0 Å². The zero-order valence-corrected chi connectivity index (χ0v) is 14.4. The van der Waals surface area contributed by atoms with Crippen LogP contribution in [0.1, 0.15) is 34.0 Å². The molecule has 2 aromatic rings. The molecule has 1 fully saturated rings. The molecular formula is C18H23N5O. The monoisotopic (exact) mass is 325 g/mol. The third-order valence-corrected chi connectivity index (χ3v) is 4.54. The summed E-state index contributed by atoms with van der Waals surface area (Å²) in [6, 6.07) is 5.93.